The number of nitrogens with zero attached hydrogens (tertiary/aromatic N) is 2. The van der Waals surface area contributed by atoms with E-state index in [2.05, 4.69) is 27.5 Å². The molecular weight excluding hydrogens is 463 g/mol. The van der Waals surface area contributed by atoms with Crippen molar-refractivity contribution in [2.75, 3.05) is 33.9 Å². The van der Waals surface area contributed by atoms with Gasteiger partial charge in [-0.25, -0.2) is 4.98 Å². The van der Waals surface area contributed by atoms with Crippen LogP contribution < -0.4 is 15.4 Å². The minimum Gasteiger partial charge on any atom is -0.491 e. The van der Waals surface area contributed by atoms with Crippen LogP contribution in [0.3, 0.4) is 0 Å². The maximum atomic E-state index is 5.56. The molecule has 0 aliphatic heterocycles. The highest BCUT2D eigenvalue weighted by molar-refractivity contribution is 14.0. The van der Waals surface area contributed by atoms with Crippen LogP contribution >= 0.6 is 35.3 Å². The smallest absolute Gasteiger partial charge is 0.191 e. The Balaban J connectivity index is 0.00000338. The van der Waals surface area contributed by atoms with Crippen LogP contribution in [0.5, 0.6) is 5.75 Å². The molecule has 8 heteroatoms. The molecule has 144 valence electrons. The van der Waals surface area contributed by atoms with E-state index in [9.17, 15) is 0 Å². The molecule has 0 saturated heterocycles. The van der Waals surface area contributed by atoms with E-state index in [4.69, 9.17) is 9.47 Å². The summed E-state index contributed by atoms with van der Waals surface area (Å²) in [4.78, 5) is 9.85. The molecule has 0 spiro atoms. The van der Waals surface area contributed by atoms with Crippen LogP contribution in [-0.2, 0) is 17.7 Å². The lowest BCUT2D eigenvalue weighted by Crippen LogP contribution is -2.37. The van der Waals surface area contributed by atoms with Crippen molar-refractivity contribution in [3.63, 3.8) is 0 Å². The van der Waals surface area contributed by atoms with E-state index in [-0.39, 0.29) is 24.0 Å². The fourth-order valence-corrected chi connectivity index (χ4v) is 2.94. The number of aliphatic imine (C=N–C) groups is 1. The first-order chi connectivity index (χ1) is 12.2. The van der Waals surface area contributed by atoms with Crippen molar-refractivity contribution >= 4 is 41.3 Å². The Bertz CT molecular complexity index is 661. The lowest BCUT2D eigenvalue weighted by atomic mass is 10.2. The highest BCUT2D eigenvalue weighted by Gasteiger charge is 2.02. The van der Waals surface area contributed by atoms with Crippen LogP contribution in [0.1, 0.15) is 15.4 Å². The first-order valence-electron chi connectivity index (χ1n) is 8.27. The summed E-state index contributed by atoms with van der Waals surface area (Å²) >= 11 is 1.73. The molecule has 0 saturated carbocycles. The average molecular weight is 490 g/mol. The Kier molecular flexibility index (Phi) is 11.2. The number of thiazole rings is 1. The van der Waals surface area contributed by atoms with Gasteiger partial charge in [0.1, 0.15) is 12.4 Å². The molecule has 0 aliphatic rings. The summed E-state index contributed by atoms with van der Waals surface area (Å²) in [6.07, 6.45) is 2.81. The van der Waals surface area contributed by atoms with Gasteiger partial charge in [-0.15, -0.1) is 35.3 Å². The second kappa shape index (κ2) is 12.9. The van der Waals surface area contributed by atoms with Crippen LogP contribution in [0, 0.1) is 6.92 Å². The summed E-state index contributed by atoms with van der Waals surface area (Å²) in [5.41, 5.74) is 1.16. The van der Waals surface area contributed by atoms with Crippen molar-refractivity contribution < 1.29 is 9.47 Å². The molecule has 2 aromatic rings. The Morgan fingerprint density at radius 3 is 2.58 bits per heavy atom. The van der Waals surface area contributed by atoms with E-state index in [1.54, 1.807) is 25.5 Å². The molecule has 0 atom stereocenters. The first-order valence-corrected chi connectivity index (χ1v) is 9.09. The fourth-order valence-electron chi connectivity index (χ4n) is 2.16. The van der Waals surface area contributed by atoms with Crippen LogP contribution in [0.15, 0.2) is 35.5 Å². The second-order valence-electron chi connectivity index (χ2n) is 5.45. The molecule has 6 nitrogen and oxygen atoms in total. The molecule has 0 aliphatic carbocycles. The van der Waals surface area contributed by atoms with Gasteiger partial charge in [-0.3, -0.25) is 4.99 Å². The highest BCUT2D eigenvalue weighted by Crippen LogP contribution is 2.12. The zero-order valence-corrected chi connectivity index (χ0v) is 18.6. The van der Waals surface area contributed by atoms with E-state index < -0.39 is 0 Å². The van der Waals surface area contributed by atoms with Crippen molar-refractivity contribution in [3.8, 4) is 5.75 Å². The molecule has 1 heterocycles. The normalized spacial score (nSPS) is 11.0. The van der Waals surface area contributed by atoms with E-state index in [1.807, 2.05) is 30.5 Å². The Hall–Kier alpha value is -1.39. The van der Waals surface area contributed by atoms with Crippen molar-refractivity contribution in [3.05, 3.63) is 45.9 Å². The topological polar surface area (TPSA) is 67.8 Å². The lowest BCUT2D eigenvalue weighted by molar-refractivity contribution is 0.146. The third-order valence-electron chi connectivity index (χ3n) is 3.46. The van der Waals surface area contributed by atoms with Gasteiger partial charge in [0.2, 0.25) is 0 Å². The Labute approximate surface area is 176 Å². The number of aromatic nitrogens is 1. The van der Waals surface area contributed by atoms with Gasteiger partial charge in [0.05, 0.1) is 11.6 Å². The number of guanidine groups is 1. The molecular formula is C18H27IN4O2S. The van der Waals surface area contributed by atoms with E-state index in [0.29, 0.717) is 19.8 Å². The molecule has 26 heavy (non-hydrogen) atoms. The Morgan fingerprint density at radius 1 is 1.19 bits per heavy atom. The number of rotatable bonds is 9. The van der Waals surface area contributed by atoms with E-state index in [1.165, 1.54) is 4.88 Å². The van der Waals surface area contributed by atoms with Crippen molar-refractivity contribution in [2.45, 2.75) is 19.9 Å². The number of ether oxygens (including phenoxy) is 2. The summed E-state index contributed by atoms with van der Waals surface area (Å²) < 4.78 is 10.5. The van der Waals surface area contributed by atoms with Crippen molar-refractivity contribution in [2.24, 2.45) is 4.99 Å². The van der Waals surface area contributed by atoms with Gasteiger partial charge in [-0.2, -0.15) is 0 Å². The summed E-state index contributed by atoms with van der Waals surface area (Å²) in [7, 11) is 3.44. The fraction of sp³-hybridized carbons (Fsp3) is 0.444. The largest absolute Gasteiger partial charge is 0.491 e. The van der Waals surface area contributed by atoms with Crippen LogP contribution in [-0.4, -0.2) is 44.9 Å². The predicted octanol–water partition coefficient (Wildman–Crippen LogP) is 3.00. The average Bonchev–Trinajstić information content (AvgIpc) is 3.04. The quantitative estimate of drug-likeness (QED) is 0.245. The van der Waals surface area contributed by atoms with Gasteiger partial charge < -0.3 is 20.1 Å². The Morgan fingerprint density at radius 2 is 1.96 bits per heavy atom. The predicted molar refractivity (Wildman–Crippen MR) is 118 cm³/mol. The SMILES string of the molecule is CN=C(NCCc1ncc(C)s1)NCc1ccc(OCCOC)cc1.I. The maximum absolute atomic E-state index is 5.56. The van der Waals surface area contributed by atoms with Gasteiger partial charge in [0.15, 0.2) is 5.96 Å². The molecule has 0 amide bonds. The summed E-state index contributed by atoms with van der Waals surface area (Å²) in [5, 5.41) is 7.76. The molecule has 2 N–H and O–H groups in total. The van der Waals surface area contributed by atoms with Gasteiger partial charge in [-0.05, 0) is 24.6 Å². The molecule has 0 radical (unpaired) electrons. The van der Waals surface area contributed by atoms with E-state index >= 15 is 0 Å². The third-order valence-corrected chi connectivity index (χ3v) is 4.44. The third kappa shape index (κ3) is 8.33. The molecule has 0 bridgehead atoms. The van der Waals surface area contributed by atoms with Crippen molar-refractivity contribution in [1.82, 2.24) is 15.6 Å². The standard InChI is InChI=1S/C18H26N4O2S.HI/c1-14-12-21-17(25-14)8-9-20-18(19-2)22-13-15-4-6-16(7-5-15)24-11-10-23-3;/h4-7,12H,8-11,13H2,1-3H3,(H2,19,20,22);1H. The zero-order valence-electron chi connectivity index (χ0n) is 15.4. The molecule has 0 unspecified atom stereocenters. The molecule has 1 aromatic carbocycles. The van der Waals surface area contributed by atoms with Gasteiger partial charge >= 0.3 is 0 Å². The first kappa shape index (κ1) is 22.7. The number of methoxy groups -OCH3 is 1. The van der Waals surface area contributed by atoms with Gasteiger partial charge in [-0.1, -0.05) is 12.1 Å². The number of nitrogens with one attached hydrogen (secondary N) is 2. The molecule has 1 aromatic heterocycles. The summed E-state index contributed by atoms with van der Waals surface area (Å²) in [5.74, 6) is 1.63. The summed E-state index contributed by atoms with van der Waals surface area (Å²) in [6.45, 7) is 4.73. The zero-order chi connectivity index (χ0) is 17.9. The number of aryl methyl sites for hydroxylation is 1. The number of halogens is 1. The second-order valence-corrected chi connectivity index (χ2v) is 6.77. The van der Waals surface area contributed by atoms with Crippen LogP contribution in [0.25, 0.3) is 0 Å². The summed E-state index contributed by atoms with van der Waals surface area (Å²) in [6, 6.07) is 8.02. The minimum atomic E-state index is 0. The monoisotopic (exact) mass is 490 g/mol. The van der Waals surface area contributed by atoms with Crippen LogP contribution in [0.4, 0.5) is 0 Å². The van der Waals surface area contributed by atoms with Crippen molar-refractivity contribution in [1.29, 1.82) is 0 Å². The van der Waals surface area contributed by atoms with Gasteiger partial charge in [0, 0.05) is 44.7 Å². The molecule has 2 rings (SSSR count). The minimum absolute atomic E-state index is 0. The number of benzene rings is 1. The van der Waals surface area contributed by atoms with Gasteiger partial charge in [0.25, 0.3) is 0 Å². The van der Waals surface area contributed by atoms with Crippen LogP contribution in [0.2, 0.25) is 0 Å². The number of hydrogen-bond donors (Lipinski definition) is 2. The highest BCUT2D eigenvalue weighted by atomic mass is 127. The maximum Gasteiger partial charge on any atom is 0.191 e. The van der Waals surface area contributed by atoms with E-state index in [0.717, 1.165) is 35.2 Å². The number of hydrogen-bond acceptors (Lipinski definition) is 5. The lowest BCUT2D eigenvalue weighted by Gasteiger charge is -2.12. The molecule has 0 fully saturated rings.